The maximum Gasteiger partial charge on any atom is 0.176 e. The van der Waals surface area contributed by atoms with Crippen molar-refractivity contribution in [1.82, 2.24) is 4.90 Å². The molecule has 1 unspecified atom stereocenters. The maximum absolute atomic E-state index is 6.00. The van der Waals surface area contributed by atoms with Crippen molar-refractivity contribution in [2.24, 2.45) is 5.73 Å². The molecule has 0 aliphatic heterocycles. The van der Waals surface area contributed by atoms with Crippen LogP contribution in [0.5, 0.6) is 0 Å². The summed E-state index contributed by atoms with van der Waals surface area (Å²) in [6.45, 7) is 10.3. The molecule has 0 saturated carbocycles. The fourth-order valence-electron chi connectivity index (χ4n) is 2.59. The lowest BCUT2D eigenvalue weighted by molar-refractivity contribution is -0.186. The number of rotatable bonds is 10. The summed E-state index contributed by atoms with van der Waals surface area (Å²) in [6, 6.07) is 0.420. The van der Waals surface area contributed by atoms with Crippen molar-refractivity contribution in [3.8, 4) is 0 Å². The highest BCUT2D eigenvalue weighted by Gasteiger charge is 2.40. The molecule has 0 heterocycles. The lowest BCUT2D eigenvalue weighted by atomic mass is 9.96. The van der Waals surface area contributed by atoms with E-state index < -0.39 is 0 Å². The van der Waals surface area contributed by atoms with Gasteiger partial charge >= 0.3 is 0 Å². The van der Waals surface area contributed by atoms with E-state index in [4.69, 9.17) is 15.2 Å². The second kappa shape index (κ2) is 8.86. The summed E-state index contributed by atoms with van der Waals surface area (Å²) in [5, 5.41) is 0. The molecule has 110 valence electrons. The van der Waals surface area contributed by atoms with Crippen LogP contribution in [0.4, 0.5) is 0 Å². The summed E-state index contributed by atoms with van der Waals surface area (Å²) in [4.78, 5) is 2.40. The van der Waals surface area contributed by atoms with Gasteiger partial charge in [0.25, 0.3) is 0 Å². The van der Waals surface area contributed by atoms with Crippen molar-refractivity contribution in [2.75, 3.05) is 27.3 Å². The minimum absolute atomic E-state index is 0.286. The van der Waals surface area contributed by atoms with Gasteiger partial charge in [-0.1, -0.05) is 19.8 Å². The average Bonchev–Trinajstić information content (AvgIpc) is 2.35. The maximum atomic E-state index is 6.00. The molecule has 0 radical (unpaired) electrons. The van der Waals surface area contributed by atoms with E-state index in [-0.39, 0.29) is 11.8 Å². The van der Waals surface area contributed by atoms with E-state index in [0.29, 0.717) is 12.6 Å². The summed E-state index contributed by atoms with van der Waals surface area (Å²) in [6.07, 6.45) is 3.36. The Labute approximate surface area is 113 Å². The third-order valence-electron chi connectivity index (χ3n) is 3.63. The SMILES string of the molecule is CCCCCN(C(C)C)C(C)(CN)C(OC)OC. The number of unbranched alkanes of at least 4 members (excludes halogenated alkanes) is 2. The van der Waals surface area contributed by atoms with Gasteiger partial charge in [0, 0.05) is 26.8 Å². The third-order valence-corrected chi connectivity index (χ3v) is 3.63. The number of nitrogens with two attached hydrogens (primary N) is 1. The van der Waals surface area contributed by atoms with E-state index >= 15 is 0 Å². The standard InChI is InChI=1S/C14H32N2O2/c1-7-8-9-10-16(12(2)3)14(4,11-15)13(17-5)18-6/h12-13H,7-11,15H2,1-6H3. The first kappa shape index (κ1) is 17.8. The third kappa shape index (κ3) is 4.50. The Morgan fingerprint density at radius 1 is 1.17 bits per heavy atom. The fraction of sp³-hybridized carbons (Fsp3) is 1.00. The summed E-state index contributed by atoms with van der Waals surface area (Å²) >= 11 is 0. The Bertz CT molecular complexity index is 208. The van der Waals surface area contributed by atoms with Crippen LogP contribution in [0.2, 0.25) is 0 Å². The predicted octanol–water partition coefficient (Wildman–Crippen LogP) is 2.22. The topological polar surface area (TPSA) is 47.7 Å². The molecule has 18 heavy (non-hydrogen) atoms. The van der Waals surface area contributed by atoms with Crippen LogP contribution in [0.1, 0.15) is 47.0 Å². The quantitative estimate of drug-likeness (QED) is 0.483. The highest BCUT2D eigenvalue weighted by atomic mass is 16.7. The molecular weight excluding hydrogens is 228 g/mol. The number of hydrogen-bond donors (Lipinski definition) is 1. The molecule has 0 aromatic heterocycles. The van der Waals surface area contributed by atoms with Gasteiger partial charge in [0.15, 0.2) is 6.29 Å². The zero-order valence-electron chi connectivity index (χ0n) is 13.0. The molecule has 0 bridgehead atoms. The van der Waals surface area contributed by atoms with Crippen molar-refractivity contribution < 1.29 is 9.47 Å². The van der Waals surface area contributed by atoms with Crippen LogP contribution in [-0.2, 0) is 9.47 Å². The average molecular weight is 260 g/mol. The molecule has 2 N–H and O–H groups in total. The van der Waals surface area contributed by atoms with Crippen LogP contribution in [0.15, 0.2) is 0 Å². The Kier molecular flexibility index (Phi) is 8.78. The highest BCUT2D eigenvalue weighted by Crippen LogP contribution is 2.24. The van der Waals surface area contributed by atoms with Gasteiger partial charge in [0.05, 0.1) is 5.54 Å². The number of ether oxygens (including phenoxy) is 2. The highest BCUT2D eigenvalue weighted by molar-refractivity contribution is 4.92. The Morgan fingerprint density at radius 3 is 2.06 bits per heavy atom. The zero-order chi connectivity index (χ0) is 14.2. The van der Waals surface area contributed by atoms with Crippen molar-refractivity contribution in [1.29, 1.82) is 0 Å². The first-order valence-electron chi connectivity index (χ1n) is 7.00. The molecule has 0 aromatic carbocycles. The lowest BCUT2D eigenvalue weighted by Gasteiger charge is -2.46. The molecule has 0 aliphatic carbocycles. The van der Waals surface area contributed by atoms with E-state index in [0.717, 1.165) is 6.54 Å². The Hall–Kier alpha value is -0.160. The zero-order valence-corrected chi connectivity index (χ0v) is 13.0. The number of methoxy groups -OCH3 is 2. The van der Waals surface area contributed by atoms with Crippen LogP contribution in [-0.4, -0.2) is 50.1 Å². The second-order valence-electron chi connectivity index (χ2n) is 5.36. The summed E-state index contributed by atoms with van der Waals surface area (Å²) in [5.41, 5.74) is 5.71. The Morgan fingerprint density at radius 2 is 1.72 bits per heavy atom. The van der Waals surface area contributed by atoms with E-state index in [1.165, 1.54) is 19.3 Å². The Balaban J connectivity index is 4.88. The first-order chi connectivity index (χ1) is 8.47. The molecule has 0 fully saturated rings. The van der Waals surface area contributed by atoms with Gasteiger partial charge in [-0.05, 0) is 33.7 Å². The molecule has 0 rings (SSSR count). The van der Waals surface area contributed by atoms with Crippen molar-refractivity contribution in [2.45, 2.75) is 64.8 Å². The molecular formula is C14H32N2O2. The molecule has 0 aromatic rings. The molecule has 0 amide bonds. The van der Waals surface area contributed by atoms with Gasteiger partial charge in [-0.2, -0.15) is 0 Å². The molecule has 1 atom stereocenters. The van der Waals surface area contributed by atoms with E-state index in [9.17, 15) is 0 Å². The minimum Gasteiger partial charge on any atom is -0.354 e. The summed E-state index contributed by atoms with van der Waals surface area (Å²) in [7, 11) is 3.35. The smallest absolute Gasteiger partial charge is 0.176 e. The van der Waals surface area contributed by atoms with Gasteiger partial charge in [0.2, 0.25) is 0 Å². The van der Waals surface area contributed by atoms with E-state index in [2.05, 4.69) is 32.6 Å². The monoisotopic (exact) mass is 260 g/mol. The van der Waals surface area contributed by atoms with E-state index in [1.807, 2.05) is 0 Å². The largest absolute Gasteiger partial charge is 0.354 e. The first-order valence-corrected chi connectivity index (χ1v) is 7.00. The molecule has 0 saturated heterocycles. The second-order valence-corrected chi connectivity index (χ2v) is 5.36. The lowest BCUT2D eigenvalue weighted by Crippen LogP contribution is -2.62. The molecule has 0 aliphatic rings. The van der Waals surface area contributed by atoms with Crippen LogP contribution in [0.3, 0.4) is 0 Å². The fourth-order valence-corrected chi connectivity index (χ4v) is 2.59. The van der Waals surface area contributed by atoms with Gasteiger partial charge < -0.3 is 15.2 Å². The summed E-state index contributed by atoms with van der Waals surface area (Å²) in [5.74, 6) is 0. The predicted molar refractivity (Wildman–Crippen MR) is 76.6 cm³/mol. The van der Waals surface area contributed by atoms with Crippen molar-refractivity contribution in [3.05, 3.63) is 0 Å². The van der Waals surface area contributed by atoms with Gasteiger partial charge in [-0.3, -0.25) is 4.90 Å². The molecule has 0 spiro atoms. The van der Waals surface area contributed by atoms with Crippen LogP contribution in [0, 0.1) is 0 Å². The number of nitrogens with zero attached hydrogens (tertiary/aromatic N) is 1. The van der Waals surface area contributed by atoms with E-state index in [1.54, 1.807) is 14.2 Å². The molecule has 4 nitrogen and oxygen atoms in total. The van der Waals surface area contributed by atoms with Crippen LogP contribution < -0.4 is 5.73 Å². The van der Waals surface area contributed by atoms with Crippen molar-refractivity contribution >= 4 is 0 Å². The van der Waals surface area contributed by atoms with Crippen LogP contribution in [0.25, 0.3) is 0 Å². The number of hydrogen-bond acceptors (Lipinski definition) is 4. The minimum atomic E-state index is -0.300. The normalized spacial score (nSPS) is 15.7. The van der Waals surface area contributed by atoms with Gasteiger partial charge in [-0.25, -0.2) is 0 Å². The van der Waals surface area contributed by atoms with Crippen LogP contribution >= 0.6 is 0 Å². The summed E-state index contributed by atoms with van der Waals surface area (Å²) < 4.78 is 10.9. The van der Waals surface area contributed by atoms with Crippen molar-refractivity contribution in [3.63, 3.8) is 0 Å². The molecule has 4 heteroatoms. The van der Waals surface area contributed by atoms with Gasteiger partial charge in [-0.15, -0.1) is 0 Å². The van der Waals surface area contributed by atoms with Gasteiger partial charge in [0.1, 0.15) is 0 Å².